The molecule has 7 nitrogen and oxygen atoms in total. The fraction of sp³-hybridized carbons (Fsp3) is 0.286. The summed E-state index contributed by atoms with van der Waals surface area (Å²) in [6.07, 6.45) is 7.22. The van der Waals surface area contributed by atoms with E-state index >= 15 is 0 Å². The van der Waals surface area contributed by atoms with Gasteiger partial charge in [0.15, 0.2) is 6.79 Å². The molecule has 0 aromatic heterocycles. The number of nitriles is 2. The van der Waals surface area contributed by atoms with Crippen LogP contribution >= 0.6 is 0 Å². The van der Waals surface area contributed by atoms with Crippen molar-refractivity contribution in [2.75, 3.05) is 25.4 Å². The molecule has 1 heterocycles. The maximum Gasteiger partial charge on any atom is 0.341 e. The van der Waals surface area contributed by atoms with Crippen molar-refractivity contribution in [3.05, 3.63) is 59.3 Å². The summed E-state index contributed by atoms with van der Waals surface area (Å²) in [6.45, 7) is 1.96. The second-order valence-corrected chi connectivity index (χ2v) is 6.14. The Morgan fingerprint density at radius 3 is 2.71 bits per heavy atom. The van der Waals surface area contributed by atoms with Gasteiger partial charge < -0.3 is 19.1 Å². The number of hydrogen-bond donors (Lipinski definition) is 0. The van der Waals surface area contributed by atoms with Crippen molar-refractivity contribution in [1.82, 2.24) is 0 Å². The minimum atomic E-state index is -0.486. The largest absolute Gasteiger partial charge is 0.467 e. The Labute approximate surface area is 163 Å². The molecule has 3 rings (SSSR count). The second kappa shape index (κ2) is 8.43. The van der Waals surface area contributed by atoms with Crippen LogP contribution in [0, 0.1) is 28.6 Å². The molecule has 0 amide bonds. The average molecular weight is 377 g/mol. The van der Waals surface area contributed by atoms with Crippen molar-refractivity contribution < 1.29 is 19.0 Å². The van der Waals surface area contributed by atoms with E-state index in [4.69, 9.17) is 14.2 Å². The number of rotatable bonds is 6. The van der Waals surface area contributed by atoms with Gasteiger partial charge in [0.1, 0.15) is 11.3 Å². The first-order valence-corrected chi connectivity index (χ1v) is 8.76. The van der Waals surface area contributed by atoms with E-state index in [2.05, 4.69) is 12.1 Å². The van der Waals surface area contributed by atoms with Gasteiger partial charge in [0, 0.05) is 30.6 Å². The van der Waals surface area contributed by atoms with Crippen LogP contribution in [-0.2, 0) is 9.47 Å². The van der Waals surface area contributed by atoms with Crippen LogP contribution in [0.15, 0.2) is 53.8 Å². The Morgan fingerprint density at radius 1 is 1.25 bits per heavy atom. The Hall–Kier alpha value is -3.55. The zero-order chi connectivity index (χ0) is 20.1. The lowest BCUT2D eigenvalue weighted by atomic mass is 9.85. The van der Waals surface area contributed by atoms with Gasteiger partial charge in [0.2, 0.25) is 0 Å². The molecule has 2 aliphatic rings. The lowest BCUT2D eigenvalue weighted by molar-refractivity contribution is 0.0438. The number of methoxy groups -OCH3 is 1. The Balaban J connectivity index is 1.99. The van der Waals surface area contributed by atoms with Crippen LogP contribution in [0.2, 0.25) is 0 Å². The van der Waals surface area contributed by atoms with Crippen LogP contribution in [0.3, 0.4) is 0 Å². The van der Waals surface area contributed by atoms with Gasteiger partial charge in [0.25, 0.3) is 0 Å². The Bertz CT molecular complexity index is 949. The average Bonchev–Trinajstić information content (AvgIpc) is 3.11. The zero-order valence-electron chi connectivity index (χ0n) is 15.6. The normalized spacial score (nSPS) is 19.8. The number of hydrogen-bond acceptors (Lipinski definition) is 7. The highest BCUT2D eigenvalue weighted by atomic mass is 16.7. The number of allylic oxidation sites excluding steroid dienone is 2. The Morgan fingerprint density at radius 2 is 2.04 bits per heavy atom. The summed E-state index contributed by atoms with van der Waals surface area (Å²) in [7, 11) is 1.49. The molecule has 0 saturated heterocycles. The van der Waals surface area contributed by atoms with Gasteiger partial charge in [-0.05, 0) is 25.1 Å². The lowest BCUT2D eigenvalue weighted by Gasteiger charge is -2.29. The number of nitrogens with zero attached hydrogens (tertiary/aromatic N) is 3. The van der Waals surface area contributed by atoms with Crippen molar-refractivity contribution in [1.29, 1.82) is 10.5 Å². The van der Waals surface area contributed by atoms with Crippen molar-refractivity contribution in [2.24, 2.45) is 5.92 Å². The standard InChI is InChI=1S/C21H19N3O4/c1-3-27-21(25)17-8-7-16(9-19(17)28-13-26-2)24-12-15(11-23)20-14(10-22)5-4-6-18(20)24/h4-9,12,18,20H,3,13H2,1-2H3. The molecule has 1 aromatic carbocycles. The molecule has 1 aliphatic heterocycles. The van der Waals surface area contributed by atoms with E-state index in [0.29, 0.717) is 22.5 Å². The monoisotopic (exact) mass is 377 g/mol. The molecule has 0 fully saturated rings. The highest BCUT2D eigenvalue weighted by Gasteiger charge is 2.38. The van der Waals surface area contributed by atoms with Crippen LogP contribution in [-0.4, -0.2) is 32.5 Å². The highest BCUT2D eigenvalue weighted by molar-refractivity contribution is 5.93. The lowest BCUT2D eigenvalue weighted by Crippen LogP contribution is -2.32. The predicted molar refractivity (Wildman–Crippen MR) is 101 cm³/mol. The van der Waals surface area contributed by atoms with Crippen molar-refractivity contribution in [3.63, 3.8) is 0 Å². The van der Waals surface area contributed by atoms with E-state index in [0.717, 1.165) is 5.69 Å². The number of fused-ring (bicyclic) bond motifs is 1. The van der Waals surface area contributed by atoms with Crippen LogP contribution in [0.1, 0.15) is 17.3 Å². The molecular weight excluding hydrogens is 358 g/mol. The third-order valence-corrected chi connectivity index (χ3v) is 4.54. The minimum absolute atomic E-state index is 0.0254. The molecule has 28 heavy (non-hydrogen) atoms. The molecule has 0 bridgehead atoms. The van der Waals surface area contributed by atoms with Gasteiger partial charge in [-0.15, -0.1) is 0 Å². The van der Waals surface area contributed by atoms with Crippen LogP contribution < -0.4 is 9.64 Å². The van der Waals surface area contributed by atoms with E-state index < -0.39 is 5.97 Å². The molecule has 7 heteroatoms. The number of benzene rings is 1. The van der Waals surface area contributed by atoms with Gasteiger partial charge >= 0.3 is 5.97 Å². The molecule has 1 aromatic rings. The molecule has 2 atom stereocenters. The third-order valence-electron chi connectivity index (χ3n) is 4.54. The molecule has 0 N–H and O–H groups in total. The zero-order valence-corrected chi connectivity index (χ0v) is 15.6. The summed E-state index contributed by atoms with van der Waals surface area (Å²) in [5.74, 6) is -0.475. The van der Waals surface area contributed by atoms with Crippen molar-refractivity contribution in [2.45, 2.75) is 13.0 Å². The number of carbonyl (C=O) groups excluding carboxylic acids is 1. The van der Waals surface area contributed by atoms with Crippen molar-refractivity contribution >= 4 is 11.7 Å². The molecule has 142 valence electrons. The van der Waals surface area contributed by atoms with Gasteiger partial charge in [-0.1, -0.05) is 12.2 Å². The van der Waals surface area contributed by atoms with E-state index in [-0.39, 0.29) is 25.4 Å². The SMILES string of the molecule is CCOC(=O)c1ccc(N2C=C(C#N)C3C(C#N)=CC=CC32)cc1OCOC. The van der Waals surface area contributed by atoms with Gasteiger partial charge in [-0.25, -0.2) is 4.79 Å². The molecule has 2 unspecified atom stereocenters. The molecule has 1 aliphatic carbocycles. The second-order valence-electron chi connectivity index (χ2n) is 6.14. The van der Waals surface area contributed by atoms with E-state index in [9.17, 15) is 15.3 Å². The van der Waals surface area contributed by atoms with E-state index in [1.807, 2.05) is 17.1 Å². The summed E-state index contributed by atoms with van der Waals surface area (Å²) in [4.78, 5) is 14.1. The van der Waals surface area contributed by atoms with Crippen LogP contribution in [0.4, 0.5) is 5.69 Å². The summed E-state index contributed by atoms with van der Waals surface area (Å²) in [5, 5.41) is 18.9. The topological polar surface area (TPSA) is 95.6 Å². The number of carbonyl (C=O) groups is 1. The first-order valence-electron chi connectivity index (χ1n) is 8.76. The summed E-state index contributed by atoms with van der Waals surface area (Å²) >= 11 is 0. The fourth-order valence-electron chi connectivity index (χ4n) is 3.34. The van der Waals surface area contributed by atoms with Crippen molar-refractivity contribution in [3.8, 4) is 17.9 Å². The number of esters is 1. The van der Waals surface area contributed by atoms with Gasteiger partial charge in [0.05, 0.1) is 36.3 Å². The van der Waals surface area contributed by atoms with Gasteiger partial charge in [-0.3, -0.25) is 0 Å². The van der Waals surface area contributed by atoms with Crippen LogP contribution in [0.5, 0.6) is 5.75 Å². The highest BCUT2D eigenvalue weighted by Crippen LogP contribution is 2.40. The summed E-state index contributed by atoms with van der Waals surface area (Å²) < 4.78 is 15.6. The van der Waals surface area contributed by atoms with Gasteiger partial charge in [-0.2, -0.15) is 10.5 Å². The first kappa shape index (κ1) is 19.2. The maximum absolute atomic E-state index is 12.2. The smallest absolute Gasteiger partial charge is 0.341 e. The Kier molecular flexibility index (Phi) is 5.78. The number of ether oxygens (including phenoxy) is 3. The molecule has 0 spiro atoms. The maximum atomic E-state index is 12.2. The fourth-order valence-corrected chi connectivity index (χ4v) is 3.34. The minimum Gasteiger partial charge on any atom is -0.467 e. The predicted octanol–water partition coefficient (Wildman–Crippen LogP) is 3.08. The molecular formula is C21H19N3O4. The molecule has 0 radical (unpaired) electrons. The molecule has 0 saturated carbocycles. The number of anilines is 1. The quantitative estimate of drug-likeness (QED) is 0.555. The summed E-state index contributed by atoms with van der Waals surface area (Å²) in [6, 6.07) is 9.26. The van der Waals surface area contributed by atoms with E-state index in [1.54, 1.807) is 37.4 Å². The first-order chi connectivity index (χ1) is 13.6. The summed E-state index contributed by atoms with van der Waals surface area (Å²) in [5.41, 5.74) is 2.07. The van der Waals surface area contributed by atoms with E-state index in [1.165, 1.54) is 7.11 Å². The third kappa shape index (κ3) is 3.48. The van der Waals surface area contributed by atoms with Crippen LogP contribution in [0.25, 0.3) is 0 Å².